The molecule has 2 amide bonds. The van der Waals surface area contributed by atoms with Gasteiger partial charge in [0.25, 0.3) is 0 Å². The van der Waals surface area contributed by atoms with E-state index in [0.29, 0.717) is 19.8 Å². The van der Waals surface area contributed by atoms with Crippen molar-refractivity contribution >= 4 is 6.03 Å². The number of ether oxygens (including phenoxy) is 2. The average Bonchev–Trinajstić information content (AvgIpc) is 2.66. The van der Waals surface area contributed by atoms with Gasteiger partial charge in [-0.1, -0.05) is 43.3 Å². The number of hydrogen-bond acceptors (Lipinski definition) is 3. The van der Waals surface area contributed by atoms with Crippen LogP contribution in [0.5, 0.6) is 11.5 Å². The molecular formula is C20H24N2O3. The number of carbonyl (C=O) groups is 1. The summed E-state index contributed by atoms with van der Waals surface area (Å²) in [5.74, 6) is 1.75. The molecule has 1 aliphatic rings. The van der Waals surface area contributed by atoms with E-state index in [-0.39, 0.29) is 18.0 Å². The minimum Gasteiger partial charge on any atom is -0.486 e. The number of fused-ring (bicyclic) bond motifs is 1. The van der Waals surface area contributed by atoms with E-state index in [1.165, 1.54) is 5.56 Å². The first-order valence-electron chi connectivity index (χ1n) is 8.62. The fraction of sp³-hybridized carbons (Fsp3) is 0.350. The predicted molar refractivity (Wildman–Crippen MR) is 97.2 cm³/mol. The molecule has 0 bridgehead atoms. The Morgan fingerprint density at radius 1 is 1.00 bits per heavy atom. The predicted octanol–water partition coefficient (Wildman–Crippen LogP) is 3.62. The molecular weight excluding hydrogens is 316 g/mol. The van der Waals surface area contributed by atoms with E-state index in [0.717, 1.165) is 17.1 Å². The molecule has 0 saturated carbocycles. The van der Waals surface area contributed by atoms with Gasteiger partial charge in [-0.2, -0.15) is 0 Å². The summed E-state index contributed by atoms with van der Waals surface area (Å²) in [5, 5.41) is 5.90. The van der Waals surface area contributed by atoms with Crippen molar-refractivity contribution in [3.8, 4) is 11.5 Å². The SMILES string of the molecule is CC(CNC(=O)NC(C)c1ccc2c(c1)OCCO2)c1ccccc1. The lowest BCUT2D eigenvalue weighted by molar-refractivity contribution is 0.171. The molecule has 0 saturated heterocycles. The lowest BCUT2D eigenvalue weighted by Crippen LogP contribution is -2.38. The van der Waals surface area contributed by atoms with E-state index in [1.54, 1.807) is 0 Å². The highest BCUT2D eigenvalue weighted by Crippen LogP contribution is 2.32. The Kier molecular flexibility index (Phi) is 5.43. The summed E-state index contributed by atoms with van der Waals surface area (Å²) in [6, 6.07) is 15.6. The van der Waals surface area contributed by atoms with E-state index in [2.05, 4.69) is 29.7 Å². The van der Waals surface area contributed by atoms with Crippen molar-refractivity contribution in [3.05, 3.63) is 59.7 Å². The van der Waals surface area contributed by atoms with E-state index < -0.39 is 0 Å². The number of nitrogens with one attached hydrogen (secondary N) is 2. The van der Waals surface area contributed by atoms with Crippen LogP contribution >= 0.6 is 0 Å². The Morgan fingerprint density at radius 2 is 1.72 bits per heavy atom. The van der Waals surface area contributed by atoms with E-state index in [4.69, 9.17) is 9.47 Å². The van der Waals surface area contributed by atoms with Crippen LogP contribution in [0.4, 0.5) is 4.79 Å². The number of benzene rings is 2. The Labute approximate surface area is 148 Å². The Hall–Kier alpha value is -2.69. The van der Waals surface area contributed by atoms with E-state index >= 15 is 0 Å². The molecule has 3 rings (SSSR count). The Bertz CT molecular complexity index is 718. The van der Waals surface area contributed by atoms with Crippen molar-refractivity contribution in [2.24, 2.45) is 0 Å². The first-order valence-corrected chi connectivity index (χ1v) is 8.62. The van der Waals surface area contributed by atoms with Gasteiger partial charge < -0.3 is 20.1 Å². The lowest BCUT2D eigenvalue weighted by Gasteiger charge is -2.21. The summed E-state index contributed by atoms with van der Waals surface area (Å²) in [7, 11) is 0. The molecule has 2 atom stereocenters. The van der Waals surface area contributed by atoms with Crippen molar-refractivity contribution in [1.29, 1.82) is 0 Å². The summed E-state index contributed by atoms with van der Waals surface area (Å²) < 4.78 is 11.1. The van der Waals surface area contributed by atoms with Crippen molar-refractivity contribution in [2.75, 3.05) is 19.8 Å². The van der Waals surface area contributed by atoms with Crippen LogP contribution < -0.4 is 20.1 Å². The number of urea groups is 1. The molecule has 2 aromatic rings. The van der Waals surface area contributed by atoms with Crippen LogP contribution in [0, 0.1) is 0 Å². The largest absolute Gasteiger partial charge is 0.486 e. The molecule has 1 aliphatic heterocycles. The molecule has 0 aliphatic carbocycles. The van der Waals surface area contributed by atoms with Gasteiger partial charge in [0, 0.05) is 6.54 Å². The highest BCUT2D eigenvalue weighted by atomic mass is 16.6. The summed E-state index contributed by atoms with van der Waals surface area (Å²) in [4.78, 5) is 12.2. The maximum absolute atomic E-state index is 12.2. The fourth-order valence-corrected chi connectivity index (χ4v) is 2.81. The molecule has 2 N–H and O–H groups in total. The number of rotatable bonds is 5. The molecule has 25 heavy (non-hydrogen) atoms. The summed E-state index contributed by atoms with van der Waals surface area (Å²) in [5.41, 5.74) is 2.19. The van der Waals surface area contributed by atoms with E-state index in [9.17, 15) is 4.79 Å². The molecule has 0 aromatic heterocycles. The van der Waals surface area contributed by atoms with Crippen LogP contribution in [-0.4, -0.2) is 25.8 Å². The molecule has 0 radical (unpaired) electrons. The minimum absolute atomic E-state index is 0.122. The molecule has 5 heteroatoms. The monoisotopic (exact) mass is 340 g/mol. The zero-order valence-corrected chi connectivity index (χ0v) is 14.6. The van der Waals surface area contributed by atoms with Crippen molar-refractivity contribution in [1.82, 2.24) is 10.6 Å². The molecule has 5 nitrogen and oxygen atoms in total. The quantitative estimate of drug-likeness (QED) is 0.874. The molecule has 0 fully saturated rings. The van der Waals surface area contributed by atoms with Gasteiger partial charge >= 0.3 is 6.03 Å². The van der Waals surface area contributed by atoms with Crippen molar-refractivity contribution in [2.45, 2.75) is 25.8 Å². The minimum atomic E-state index is -0.176. The second-order valence-electron chi connectivity index (χ2n) is 6.29. The third-order valence-electron chi connectivity index (χ3n) is 4.35. The maximum Gasteiger partial charge on any atom is 0.315 e. The van der Waals surface area contributed by atoms with Gasteiger partial charge in [-0.15, -0.1) is 0 Å². The summed E-state index contributed by atoms with van der Waals surface area (Å²) in [6.45, 7) is 5.76. The van der Waals surface area contributed by atoms with Crippen LogP contribution in [-0.2, 0) is 0 Å². The van der Waals surface area contributed by atoms with Crippen molar-refractivity contribution in [3.63, 3.8) is 0 Å². The highest BCUT2D eigenvalue weighted by Gasteiger charge is 2.16. The van der Waals surface area contributed by atoms with Gasteiger partial charge in [0.15, 0.2) is 11.5 Å². The first kappa shape index (κ1) is 17.1. The first-order chi connectivity index (χ1) is 12.1. The van der Waals surface area contributed by atoms with Crippen molar-refractivity contribution < 1.29 is 14.3 Å². The third-order valence-corrected chi connectivity index (χ3v) is 4.35. The number of amides is 2. The lowest BCUT2D eigenvalue weighted by atomic mass is 10.0. The summed E-state index contributed by atoms with van der Waals surface area (Å²) in [6.07, 6.45) is 0. The second-order valence-corrected chi connectivity index (χ2v) is 6.29. The smallest absolute Gasteiger partial charge is 0.315 e. The van der Waals surface area contributed by atoms with Crippen LogP contribution in [0.3, 0.4) is 0 Å². The highest BCUT2D eigenvalue weighted by molar-refractivity contribution is 5.74. The summed E-state index contributed by atoms with van der Waals surface area (Å²) >= 11 is 0. The Morgan fingerprint density at radius 3 is 2.48 bits per heavy atom. The maximum atomic E-state index is 12.2. The van der Waals surface area contributed by atoms with Crippen LogP contribution in [0.15, 0.2) is 48.5 Å². The van der Waals surface area contributed by atoms with Gasteiger partial charge in [0.2, 0.25) is 0 Å². The topological polar surface area (TPSA) is 59.6 Å². The average molecular weight is 340 g/mol. The molecule has 132 valence electrons. The van der Waals surface area contributed by atoms with E-state index in [1.807, 2.05) is 43.3 Å². The Balaban J connectivity index is 1.52. The zero-order chi connectivity index (χ0) is 17.6. The standard InChI is InChI=1S/C20H24N2O3/c1-14(16-6-4-3-5-7-16)13-21-20(23)22-15(2)17-8-9-18-19(12-17)25-11-10-24-18/h3-9,12,14-15H,10-11,13H2,1-2H3,(H2,21,22,23). The van der Waals surface area contributed by atoms with Crippen LogP contribution in [0.1, 0.15) is 36.9 Å². The van der Waals surface area contributed by atoms with Gasteiger partial charge in [-0.3, -0.25) is 0 Å². The van der Waals surface area contributed by atoms with Gasteiger partial charge in [0.1, 0.15) is 13.2 Å². The third kappa shape index (κ3) is 4.44. The molecule has 2 aromatic carbocycles. The molecule has 2 unspecified atom stereocenters. The second kappa shape index (κ2) is 7.92. The van der Waals surface area contributed by atoms with Gasteiger partial charge in [-0.25, -0.2) is 4.79 Å². The number of hydrogen-bond donors (Lipinski definition) is 2. The zero-order valence-electron chi connectivity index (χ0n) is 14.6. The van der Waals surface area contributed by atoms with Crippen LogP contribution in [0.25, 0.3) is 0 Å². The van der Waals surface area contributed by atoms with Crippen LogP contribution in [0.2, 0.25) is 0 Å². The normalized spacial score (nSPS) is 15.1. The van der Waals surface area contributed by atoms with Gasteiger partial charge in [0.05, 0.1) is 6.04 Å². The molecule has 0 spiro atoms. The molecule has 1 heterocycles. The van der Waals surface area contributed by atoms with Gasteiger partial charge in [-0.05, 0) is 36.1 Å². The number of carbonyl (C=O) groups excluding carboxylic acids is 1. The fourth-order valence-electron chi connectivity index (χ4n) is 2.81.